The summed E-state index contributed by atoms with van der Waals surface area (Å²) in [6, 6.07) is 16.7. The van der Waals surface area contributed by atoms with Crippen molar-refractivity contribution in [3.8, 4) is 5.75 Å². The average molecular weight is 382 g/mol. The van der Waals surface area contributed by atoms with E-state index >= 15 is 0 Å². The molecule has 0 spiro atoms. The normalized spacial score (nSPS) is 10.3. The number of hydrogen-bond acceptors (Lipinski definition) is 4. The van der Waals surface area contributed by atoms with Crippen LogP contribution in [-0.2, 0) is 6.54 Å². The first-order valence-corrected chi connectivity index (χ1v) is 8.84. The SMILES string of the molecule is COc1ccccc1CNC(=O)c1cc(Nc2cccc(Cl)c2C)ccn1. The number of ether oxygens (including phenoxy) is 1. The van der Waals surface area contributed by atoms with E-state index in [9.17, 15) is 4.79 Å². The van der Waals surface area contributed by atoms with E-state index in [2.05, 4.69) is 15.6 Å². The molecular weight excluding hydrogens is 362 g/mol. The molecule has 0 saturated carbocycles. The van der Waals surface area contributed by atoms with Crippen molar-refractivity contribution in [1.82, 2.24) is 10.3 Å². The van der Waals surface area contributed by atoms with E-state index in [1.54, 1.807) is 25.4 Å². The number of pyridine rings is 1. The summed E-state index contributed by atoms with van der Waals surface area (Å²) in [7, 11) is 1.61. The molecule has 2 N–H and O–H groups in total. The van der Waals surface area contributed by atoms with Gasteiger partial charge >= 0.3 is 0 Å². The van der Waals surface area contributed by atoms with Crippen LogP contribution in [0.5, 0.6) is 5.75 Å². The minimum Gasteiger partial charge on any atom is -0.496 e. The van der Waals surface area contributed by atoms with E-state index in [-0.39, 0.29) is 5.91 Å². The van der Waals surface area contributed by atoms with Crippen LogP contribution in [0.15, 0.2) is 60.8 Å². The van der Waals surface area contributed by atoms with Gasteiger partial charge < -0.3 is 15.4 Å². The maximum Gasteiger partial charge on any atom is 0.270 e. The number of amides is 1. The first kappa shape index (κ1) is 18.7. The Balaban J connectivity index is 1.71. The van der Waals surface area contributed by atoms with Gasteiger partial charge in [0.25, 0.3) is 5.91 Å². The average Bonchev–Trinajstić information content (AvgIpc) is 2.70. The summed E-state index contributed by atoms with van der Waals surface area (Å²) in [5, 5.41) is 6.83. The zero-order valence-electron chi connectivity index (χ0n) is 15.1. The number of hydrogen-bond donors (Lipinski definition) is 2. The molecule has 138 valence electrons. The number of para-hydroxylation sites is 1. The Morgan fingerprint density at radius 3 is 2.78 bits per heavy atom. The van der Waals surface area contributed by atoms with Gasteiger partial charge in [0.1, 0.15) is 11.4 Å². The van der Waals surface area contributed by atoms with E-state index < -0.39 is 0 Å². The summed E-state index contributed by atoms with van der Waals surface area (Å²) in [5.74, 6) is 0.477. The van der Waals surface area contributed by atoms with E-state index in [0.29, 0.717) is 17.3 Å². The van der Waals surface area contributed by atoms with Crippen LogP contribution in [0.1, 0.15) is 21.6 Å². The summed E-state index contributed by atoms with van der Waals surface area (Å²) in [4.78, 5) is 16.6. The number of nitrogens with zero attached hydrogens (tertiary/aromatic N) is 1. The highest BCUT2D eigenvalue weighted by molar-refractivity contribution is 6.31. The van der Waals surface area contributed by atoms with Crippen molar-refractivity contribution in [3.63, 3.8) is 0 Å². The van der Waals surface area contributed by atoms with Gasteiger partial charge in [-0.05, 0) is 42.8 Å². The van der Waals surface area contributed by atoms with Gasteiger partial charge in [0, 0.05) is 34.7 Å². The number of benzene rings is 2. The fourth-order valence-electron chi connectivity index (χ4n) is 2.65. The number of halogens is 1. The highest BCUT2D eigenvalue weighted by Crippen LogP contribution is 2.26. The number of carbonyl (C=O) groups is 1. The van der Waals surface area contributed by atoms with Gasteiger partial charge in [0.2, 0.25) is 0 Å². The van der Waals surface area contributed by atoms with E-state index in [1.807, 2.05) is 49.4 Å². The molecule has 3 aromatic rings. The third-order valence-electron chi connectivity index (χ3n) is 4.17. The van der Waals surface area contributed by atoms with Crippen molar-refractivity contribution in [2.75, 3.05) is 12.4 Å². The van der Waals surface area contributed by atoms with Crippen LogP contribution < -0.4 is 15.4 Å². The molecule has 0 aliphatic carbocycles. The lowest BCUT2D eigenvalue weighted by atomic mass is 10.2. The Kier molecular flexibility index (Phi) is 5.94. The van der Waals surface area contributed by atoms with Gasteiger partial charge in [0.15, 0.2) is 0 Å². The quantitative estimate of drug-likeness (QED) is 0.648. The molecule has 0 aliphatic rings. The maximum atomic E-state index is 12.5. The van der Waals surface area contributed by atoms with Gasteiger partial charge in [-0.2, -0.15) is 0 Å². The zero-order chi connectivity index (χ0) is 19.2. The van der Waals surface area contributed by atoms with Gasteiger partial charge in [-0.3, -0.25) is 9.78 Å². The van der Waals surface area contributed by atoms with Crippen molar-refractivity contribution in [1.29, 1.82) is 0 Å². The van der Waals surface area contributed by atoms with Gasteiger partial charge in [-0.25, -0.2) is 0 Å². The van der Waals surface area contributed by atoms with Crippen molar-refractivity contribution < 1.29 is 9.53 Å². The van der Waals surface area contributed by atoms with E-state index in [1.165, 1.54) is 0 Å². The molecule has 5 nitrogen and oxygen atoms in total. The monoisotopic (exact) mass is 381 g/mol. The third kappa shape index (κ3) is 4.57. The van der Waals surface area contributed by atoms with E-state index in [0.717, 1.165) is 28.3 Å². The maximum absolute atomic E-state index is 12.5. The molecule has 0 radical (unpaired) electrons. The standard InChI is InChI=1S/C21H20ClN3O2/c1-14-17(22)7-5-8-18(14)25-16-10-11-23-19(12-16)21(26)24-13-15-6-3-4-9-20(15)27-2/h3-12H,13H2,1-2H3,(H,23,25)(H,24,26). The Bertz CT molecular complexity index is 960. The molecule has 1 amide bonds. The molecule has 2 aromatic carbocycles. The van der Waals surface area contributed by atoms with Gasteiger partial charge in [0.05, 0.1) is 7.11 Å². The number of carbonyl (C=O) groups excluding carboxylic acids is 1. The van der Waals surface area contributed by atoms with Gasteiger partial charge in [-0.15, -0.1) is 0 Å². The molecule has 0 unspecified atom stereocenters. The summed E-state index contributed by atoms with van der Waals surface area (Å²) in [5.41, 5.74) is 3.82. The van der Waals surface area contributed by atoms with Crippen LogP contribution in [-0.4, -0.2) is 18.0 Å². The summed E-state index contributed by atoms with van der Waals surface area (Å²) in [6.07, 6.45) is 1.60. The van der Waals surface area contributed by atoms with Gasteiger partial charge in [-0.1, -0.05) is 35.9 Å². The Labute approximate surface area is 163 Å². The van der Waals surface area contributed by atoms with Crippen LogP contribution in [0, 0.1) is 6.92 Å². The highest BCUT2D eigenvalue weighted by atomic mass is 35.5. The molecule has 27 heavy (non-hydrogen) atoms. The van der Waals surface area contributed by atoms with Crippen molar-refractivity contribution >= 4 is 28.9 Å². The van der Waals surface area contributed by atoms with Crippen LogP contribution in [0.2, 0.25) is 5.02 Å². The molecule has 0 saturated heterocycles. The molecule has 0 atom stereocenters. The second kappa shape index (κ2) is 8.56. The molecule has 0 fully saturated rings. The summed E-state index contributed by atoms with van der Waals surface area (Å²) in [6.45, 7) is 2.29. The predicted molar refractivity (Wildman–Crippen MR) is 108 cm³/mol. The largest absolute Gasteiger partial charge is 0.496 e. The fraction of sp³-hybridized carbons (Fsp3) is 0.143. The lowest BCUT2D eigenvalue weighted by Crippen LogP contribution is -2.24. The first-order chi connectivity index (χ1) is 13.1. The Morgan fingerprint density at radius 1 is 1.15 bits per heavy atom. The Morgan fingerprint density at radius 2 is 1.96 bits per heavy atom. The number of aromatic nitrogens is 1. The smallest absolute Gasteiger partial charge is 0.270 e. The molecule has 1 heterocycles. The number of anilines is 2. The van der Waals surface area contributed by atoms with Crippen LogP contribution in [0.3, 0.4) is 0 Å². The molecule has 3 rings (SSSR count). The molecule has 0 bridgehead atoms. The second-order valence-electron chi connectivity index (χ2n) is 5.96. The number of rotatable bonds is 6. The second-order valence-corrected chi connectivity index (χ2v) is 6.37. The van der Waals surface area contributed by atoms with Crippen LogP contribution in [0.4, 0.5) is 11.4 Å². The van der Waals surface area contributed by atoms with Crippen molar-refractivity contribution in [2.45, 2.75) is 13.5 Å². The lowest BCUT2D eigenvalue weighted by molar-refractivity contribution is 0.0945. The lowest BCUT2D eigenvalue weighted by Gasteiger charge is -2.12. The fourth-order valence-corrected chi connectivity index (χ4v) is 2.82. The minimum absolute atomic E-state index is 0.257. The minimum atomic E-state index is -0.257. The molecule has 6 heteroatoms. The Hall–Kier alpha value is -3.05. The van der Waals surface area contributed by atoms with Crippen molar-refractivity contribution in [2.24, 2.45) is 0 Å². The summed E-state index contributed by atoms with van der Waals surface area (Å²) < 4.78 is 5.30. The first-order valence-electron chi connectivity index (χ1n) is 8.47. The third-order valence-corrected chi connectivity index (χ3v) is 4.58. The van der Waals surface area contributed by atoms with Crippen molar-refractivity contribution in [3.05, 3.63) is 82.6 Å². The van der Waals surface area contributed by atoms with Crippen LogP contribution >= 0.6 is 11.6 Å². The molecule has 1 aromatic heterocycles. The topological polar surface area (TPSA) is 63.2 Å². The highest BCUT2D eigenvalue weighted by Gasteiger charge is 2.10. The number of methoxy groups -OCH3 is 1. The number of nitrogens with one attached hydrogen (secondary N) is 2. The van der Waals surface area contributed by atoms with Crippen LogP contribution in [0.25, 0.3) is 0 Å². The summed E-state index contributed by atoms with van der Waals surface area (Å²) >= 11 is 6.16. The molecule has 0 aliphatic heterocycles. The predicted octanol–water partition coefficient (Wildman–Crippen LogP) is 4.73. The zero-order valence-corrected chi connectivity index (χ0v) is 15.9. The van der Waals surface area contributed by atoms with E-state index in [4.69, 9.17) is 16.3 Å². The molecular formula is C21H20ClN3O2.